The van der Waals surface area contributed by atoms with Crippen molar-refractivity contribution < 1.29 is 10.0 Å². The van der Waals surface area contributed by atoms with Crippen LogP contribution in [0.5, 0.6) is 0 Å². The fraction of sp³-hybridized carbons (Fsp3) is 0.200. The maximum atomic E-state index is 9.39. The molecule has 4 heteroatoms. The second-order valence-corrected chi connectivity index (χ2v) is 4.99. The van der Waals surface area contributed by atoms with Crippen LogP contribution in [0.1, 0.15) is 16.7 Å². The quantitative estimate of drug-likeness (QED) is 0.798. The van der Waals surface area contributed by atoms with Crippen molar-refractivity contribution in [3.8, 4) is 0 Å². The molecule has 0 aliphatic carbocycles. The van der Waals surface area contributed by atoms with E-state index in [4.69, 9.17) is 0 Å². The molecule has 0 amide bonds. The highest BCUT2D eigenvalue weighted by Crippen LogP contribution is 2.23. The second kappa shape index (κ2) is 5.17. The monoisotopic (exact) mass is 253 g/mol. The van der Waals surface area contributed by atoms with Crippen LogP contribution in [0, 0.1) is 0 Å². The van der Waals surface area contributed by atoms with Crippen LogP contribution in [-0.2, 0) is 19.6 Å². The average molecular weight is 253 g/mol. The summed E-state index contributed by atoms with van der Waals surface area (Å²) in [4.78, 5) is 2.31. The predicted molar refractivity (Wildman–Crippen MR) is 75.7 cm³/mol. The molecule has 0 atom stereocenters. The van der Waals surface area contributed by atoms with E-state index in [1.165, 1.54) is 11.1 Å². The van der Waals surface area contributed by atoms with E-state index in [-0.39, 0.29) is 0 Å². The van der Waals surface area contributed by atoms with Gasteiger partial charge in [0.1, 0.15) is 0 Å². The van der Waals surface area contributed by atoms with Gasteiger partial charge in [-0.1, -0.05) is 48.5 Å². The molecular formula is C15H16BNO2. The normalized spacial score (nSPS) is 14.4. The number of fused-ring (bicyclic) bond motifs is 1. The Morgan fingerprint density at radius 1 is 0.895 bits per heavy atom. The topological polar surface area (TPSA) is 43.7 Å². The predicted octanol–water partition coefficient (Wildman–Crippen LogP) is 0.882. The van der Waals surface area contributed by atoms with E-state index in [0.717, 1.165) is 25.2 Å². The van der Waals surface area contributed by atoms with Crippen molar-refractivity contribution >= 4 is 12.6 Å². The molecule has 1 aliphatic heterocycles. The lowest BCUT2D eigenvalue weighted by atomic mass is 9.77. The average Bonchev–Trinajstić information content (AvgIpc) is 2.81. The summed E-state index contributed by atoms with van der Waals surface area (Å²) < 4.78 is 0. The van der Waals surface area contributed by atoms with Crippen LogP contribution < -0.4 is 5.46 Å². The van der Waals surface area contributed by atoms with E-state index in [1.54, 1.807) is 6.07 Å². The van der Waals surface area contributed by atoms with Gasteiger partial charge < -0.3 is 10.0 Å². The molecule has 2 aromatic rings. The van der Waals surface area contributed by atoms with E-state index >= 15 is 0 Å². The molecule has 2 aromatic carbocycles. The van der Waals surface area contributed by atoms with Gasteiger partial charge in [0.25, 0.3) is 0 Å². The Labute approximate surface area is 113 Å². The highest BCUT2D eigenvalue weighted by molar-refractivity contribution is 6.59. The molecule has 0 saturated heterocycles. The lowest BCUT2D eigenvalue weighted by molar-refractivity contribution is 0.276. The number of benzene rings is 2. The first kappa shape index (κ1) is 12.4. The minimum Gasteiger partial charge on any atom is -0.423 e. The molecule has 2 N–H and O–H groups in total. The van der Waals surface area contributed by atoms with Gasteiger partial charge in [-0.25, -0.2) is 0 Å². The summed E-state index contributed by atoms with van der Waals surface area (Å²) in [6.07, 6.45) is 0. The molecule has 0 radical (unpaired) electrons. The molecule has 3 nitrogen and oxygen atoms in total. The van der Waals surface area contributed by atoms with Crippen LogP contribution in [-0.4, -0.2) is 22.1 Å². The fourth-order valence-corrected chi connectivity index (χ4v) is 2.69. The zero-order valence-corrected chi connectivity index (χ0v) is 10.7. The summed E-state index contributed by atoms with van der Waals surface area (Å²) in [5.41, 5.74) is 4.30. The third-order valence-corrected chi connectivity index (χ3v) is 3.63. The zero-order valence-electron chi connectivity index (χ0n) is 10.7. The molecular weight excluding hydrogens is 237 g/mol. The van der Waals surface area contributed by atoms with Gasteiger partial charge in [0, 0.05) is 19.6 Å². The van der Waals surface area contributed by atoms with Crippen molar-refractivity contribution in [1.29, 1.82) is 0 Å². The highest BCUT2D eigenvalue weighted by atomic mass is 16.4. The van der Waals surface area contributed by atoms with Crippen molar-refractivity contribution in [2.24, 2.45) is 0 Å². The Bertz CT molecular complexity index is 561. The summed E-state index contributed by atoms with van der Waals surface area (Å²) in [7, 11) is -1.40. The van der Waals surface area contributed by atoms with Crippen molar-refractivity contribution in [3.63, 3.8) is 0 Å². The summed E-state index contributed by atoms with van der Waals surface area (Å²) in [6, 6.07) is 15.9. The lowest BCUT2D eigenvalue weighted by Gasteiger charge is -2.17. The van der Waals surface area contributed by atoms with Gasteiger partial charge in [-0.15, -0.1) is 0 Å². The SMILES string of the molecule is OB(O)c1ccccc1CN1Cc2ccccc2C1. The van der Waals surface area contributed by atoms with Gasteiger partial charge in [-0.2, -0.15) is 0 Å². The van der Waals surface area contributed by atoms with Crippen LogP contribution in [0.2, 0.25) is 0 Å². The Hall–Kier alpha value is -1.62. The molecule has 19 heavy (non-hydrogen) atoms. The third-order valence-electron chi connectivity index (χ3n) is 3.63. The summed E-state index contributed by atoms with van der Waals surface area (Å²) in [5.74, 6) is 0. The Morgan fingerprint density at radius 3 is 2.11 bits per heavy atom. The van der Waals surface area contributed by atoms with Crippen molar-refractivity contribution in [3.05, 3.63) is 65.2 Å². The van der Waals surface area contributed by atoms with E-state index in [1.807, 2.05) is 18.2 Å². The molecule has 0 fully saturated rings. The van der Waals surface area contributed by atoms with Crippen LogP contribution in [0.25, 0.3) is 0 Å². The largest absolute Gasteiger partial charge is 0.488 e. The Kier molecular flexibility index (Phi) is 3.38. The molecule has 1 aliphatic rings. The standard InChI is InChI=1S/C15H16BNO2/c18-16(19)15-8-4-3-7-14(15)11-17-9-12-5-1-2-6-13(12)10-17/h1-8,18-19H,9-11H2. The van der Waals surface area contributed by atoms with Crippen LogP contribution >= 0.6 is 0 Å². The molecule has 0 aromatic heterocycles. The Balaban J connectivity index is 1.78. The first-order valence-electron chi connectivity index (χ1n) is 6.47. The molecule has 0 unspecified atom stereocenters. The van der Waals surface area contributed by atoms with Gasteiger partial charge in [-0.05, 0) is 22.2 Å². The maximum absolute atomic E-state index is 9.39. The van der Waals surface area contributed by atoms with Crippen molar-refractivity contribution in [1.82, 2.24) is 4.90 Å². The first-order chi connectivity index (χ1) is 9.24. The first-order valence-corrected chi connectivity index (χ1v) is 6.47. The van der Waals surface area contributed by atoms with Gasteiger partial charge in [-0.3, -0.25) is 4.90 Å². The number of nitrogens with zero attached hydrogens (tertiary/aromatic N) is 1. The summed E-state index contributed by atoms with van der Waals surface area (Å²) in [5, 5.41) is 18.8. The smallest absolute Gasteiger partial charge is 0.423 e. The summed E-state index contributed by atoms with van der Waals surface area (Å²) in [6.45, 7) is 2.58. The third kappa shape index (κ3) is 2.56. The second-order valence-electron chi connectivity index (χ2n) is 4.99. The molecule has 0 bridgehead atoms. The van der Waals surface area contributed by atoms with Crippen molar-refractivity contribution in [2.45, 2.75) is 19.6 Å². The number of rotatable bonds is 3. The van der Waals surface area contributed by atoms with Gasteiger partial charge in [0.05, 0.1) is 0 Å². The highest BCUT2D eigenvalue weighted by Gasteiger charge is 2.21. The van der Waals surface area contributed by atoms with Crippen molar-refractivity contribution in [2.75, 3.05) is 0 Å². The minimum absolute atomic E-state index is 0.596. The van der Waals surface area contributed by atoms with E-state index in [2.05, 4.69) is 29.2 Å². The molecule has 1 heterocycles. The number of hydrogen-bond donors (Lipinski definition) is 2. The van der Waals surface area contributed by atoms with E-state index < -0.39 is 7.12 Å². The van der Waals surface area contributed by atoms with E-state index in [9.17, 15) is 10.0 Å². The fourth-order valence-electron chi connectivity index (χ4n) is 2.69. The molecule has 0 saturated carbocycles. The number of hydrogen-bond acceptors (Lipinski definition) is 3. The maximum Gasteiger partial charge on any atom is 0.488 e. The molecule has 0 spiro atoms. The van der Waals surface area contributed by atoms with Crippen LogP contribution in [0.15, 0.2) is 48.5 Å². The van der Waals surface area contributed by atoms with Crippen LogP contribution in [0.4, 0.5) is 0 Å². The van der Waals surface area contributed by atoms with Gasteiger partial charge >= 0.3 is 7.12 Å². The van der Waals surface area contributed by atoms with E-state index in [0.29, 0.717) is 5.46 Å². The van der Waals surface area contributed by atoms with Gasteiger partial charge in [0.2, 0.25) is 0 Å². The molecule has 96 valence electrons. The zero-order chi connectivity index (χ0) is 13.2. The van der Waals surface area contributed by atoms with Crippen LogP contribution in [0.3, 0.4) is 0 Å². The summed E-state index contributed by atoms with van der Waals surface area (Å²) >= 11 is 0. The minimum atomic E-state index is -1.40. The lowest BCUT2D eigenvalue weighted by Crippen LogP contribution is -2.34. The Morgan fingerprint density at radius 2 is 1.47 bits per heavy atom. The molecule has 3 rings (SSSR count). The van der Waals surface area contributed by atoms with Gasteiger partial charge in [0.15, 0.2) is 0 Å².